The number of nitrogens with one attached hydrogen (secondary N) is 1. The van der Waals surface area contributed by atoms with Crippen LogP contribution >= 0.6 is 0 Å². The van der Waals surface area contributed by atoms with E-state index in [-0.39, 0.29) is 5.91 Å². The summed E-state index contributed by atoms with van der Waals surface area (Å²) in [7, 11) is 0. The van der Waals surface area contributed by atoms with Crippen LogP contribution in [-0.4, -0.2) is 30.4 Å². The Labute approximate surface area is 123 Å². The van der Waals surface area contributed by atoms with Gasteiger partial charge in [-0.3, -0.25) is 4.79 Å². The number of hydrogen-bond donors (Lipinski definition) is 1. The molecule has 0 aliphatic rings. The topological polar surface area (TPSA) is 32.3 Å². The van der Waals surface area contributed by atoms with Gasteiger partial charge in [0, 0.05) is 32.1 Å². The Balaban J connectivity index is 2.46. The monoisotopic (exact) mass is 276 g/mol. The predicted molar refractivity (Wildman–Crippen MR) is 84.8 cm³/mol. The number of hydrogen-bond acceptors (Lipinski definition) is 2. The molecule has 3 nitrogen and oxygen atoms in total. The van der Waals surface area contributed by atoms with Gasteiger partial charge in [0.2, 0.25) is 5.91 Å². The largest absolute Gasteiger partial charge is 0.343 e. The zero-order valence-corrected chi connectivity index (χ0v) is 13.3. The van der Waals surface area contributed by atoms with Crippen molar-refractivity contribution in [3.05, 3.63) is 35.4 Å². The molecule has 1 atom stereocenters. The molecule has 0 heterocycles. The highest BCUT2D eigenvalue weighted by Gasteiger charge is 2.12. The molecule has 1 N–H and O–H groups in total. The Morgan fingerprint density at radius 2 is 1.75 bits per heavy atom. The lowest BCUT2D eigenvalue weighted by Gasteiger charge is -2.21. The van der Waals surface area contributed by atoms with E-state index in [0.29, 0.717) is 12.5 Å². The lowest BCUT2D eigenvalue weighted by molar-refractivity contribution is -0.130. The Morgan fingerprint density at radius 3 is 2.25 bits per heavy atom. The summed E-state index contributed by atoms with van der Waals surface area (Å²) >= 11 is 0. The molecule has 1 unspecified atom stereocenters. The second-order valence-corrected chi connectivity index (χ2v) is 5.14. The first-order chi connectivity index (χ1) is 9.62. The molecule has 0 radical (unpaired) electrons. The minimum atomic E-state index is 0.237. The van der Waals surface area contributed by atoms with Crippen LogP contribution in [0.25, 0.3) is 0 Å². The Kier molecular flexibility index (Phi) is 7.31. The number of benzene rings is 1. The van der Waals surface area contributed by atoms with Crippen LogP contribution in [0, 0.1) is 6.92 Å². The average Bonchev–Trinajstić information content (AvgIpc) is 2.46. The summed E-state index contributed by atoms with van der Waals surface area (Å²) in [5.74, 6) is 0.237. The SMILES string of the molecule is CCC(NCCC(=O)N(CC)CC)c1ccc(C)cc1. The van der Waals surface area contributed by atoms with Gasteiger partial charge >= 0.3 is 0 Å². The van der Waals surface area contributed by atoms with Gasteiger partial charge in [-0.15, -0.1) is 0 Å². The molecule has 0 spiro atoms. The molecular weight excluding hydrogens is 248 g/mol. The molecule has 112 valence electrons. The zero-order valence-electron chi connectivity index (χ0n) is 13.3. The summed E-state index contributed by atoms with van der Waals surface area (Å²) in [6, 6.07) is 8.95. The van der Waals surface area contributed by atoms with Crippen LogP contribution in [0.3, 0.4) is 0 Å². The Morgan fingerprint density at radius 1 is 1.15 bits per heavy atom. The Hall–Kier alpha value is -1.35. The molecule has 0 aromatic heterocycles. The fourth-order valence-electron chi connectivity index (χ4n) is 2.38. The zero-order chi connectivity index (χ0) is 15.0. The lowest BCUT2D eigenvalue weighted by atomic mass is 10.0. The fraction of sp³-hybridized carbons (Fsp3) is 0.588. The molecule has 0 saturated carbocycles. The smallest absolute Gasteiger partial charge is 0.223 e. The van der Waals surface area contributed by atoms with Gasteiger partial charge in [-0.1, -0.05) is 36.8 Å². The van der Waals surface area contributed by atoms with Crippen LogP contribution in [-0.2, 0) is 4.79 Å². The van der Waals surface area contributed by atoms with E-state index >= 15 is 0 Å². The van der Waals surface area contributed by atoms with Crippen LogP contribution in [0.5, 0.6) is 0 Å². The van der Waals surface area contributed by atoms with Gasteiger partial charge in [-0.25, -0.2) is 0 Å². The molecular formula is C17H28N2O. The summed E-state index contributed by atoms with van der Waals surface area (Å²) in [6.07, 6.45) is 1.60. The molecule has 0 aliphatic heterocycles. The van der Waals surface area contributed by atoms with Gasteiger partial charge in [-0.05, 0) is 32.8 Å². The van der Waals surface area contributed by atoms with Crippen molar-refractivity contribution in [3.63, 3.8) is 0 Å². The number of amides is 1. The Bertz CT molecular complexity index is 396. The normalized spacial score (nSPS) is 12.2. The van der Waals surface area contributed by atoms with Crippen LogP contribution in [0.2, 0.25) is 0 Å². The van der Waals surface area contributed by atoms with Crippen molar-refractivity contribution in [2.75, 3.05) is 19.6 Å². The van der Waals surface area contributed by atoms with Gasteiger partial charge in [0.15, 0.2) is 0 Å². The number of carbonyl (C=O) groups is 1. The van der Waals surface area contributed by atoms with Gasteiger partial charge in [0.1, 0.15) is 0 Å². The van der Waals surface area contributed by atoms with E-state index in [2.05, 4.69) is 43.4 Å². The van der Waals surface area contributed by atoms with Crippen LogP contribution in [0.1, 0.15) is 50.8 Å². The van der Waals surface area contributed by atoms with Crippen molar-refractivity contribution in [2.24, 2.45) is 0 Å². The highest BCUT2D eigenvalue weighted by molar-refractivity contribution is 5.76. The van der Waals surface area contributed by atoms with Crippen molar-refractivity contribution in [3.8, 4) is 0 Å². The maximum absolute atomic E-state index is 11.9. The first-order valence-corrected chi connectivity index (χ1v) is 7.70. The van der Waals surface area contributed by atoms with Crippen LogP contribution < -0.4 is 5.32 Å². The van der Waals surface area contributed by atoms with Gasteiger partial charge in [0.25, 0.3) is 0 Å². The molecule has 3 heteroatoms. The molecule has 1 aromatic rings. The second kappa shape index (κ2) is 8.75. The maximum atomic E-state index is 11.9. The molecule has 0 aliphatic carbocycles. The summed E-state index contributed by atoms with van der Waals surface area (Å²) in [5.41, 5.74) is 2.58. The average molecular weight is 276 g/mol. The molecule has 0 fully saturated rings. The molecule has 0 saturated heterocycles. The highest BCUT2D eigenvalue weighted by atomic mass is 16.2. The third kappa shape index (κ3) is 4.97. The molecule has 1 amide bonds. The number of carbonyl (C=O) groups excluding carboxylic acids is 1. The summed E-state index contributed by atoms with van der Waals surface area (Å²) < 4.78 is 0. The molecule has 1 rings (SSSR count). The minimum Gasteiger partial charge on any atom is -0.343 e. The standard InChI is InChI=1S/C17H28N2O/c1-5-16(15-10-8-14(4)9-11-15)18-13-12-17(20)19(6-2)7-3/h8-11,16,18H,5-7,12-13H2,1-4H3. The maximum Gasteiger partial charge on any atom is 0.223 e. The van der Waals surface area contributed by atoms with Crippen LogP contribution in [0.15, 0.2) is 24.3 Å². The predicted octanol–water partition coefficient (Wildman–Crippen LogP) is 3.29. The van der Waals surface area contributed by atoms with Gasteiger partial charge in [0.05, 0.1) is 0 Å². The van der Waals surface area contributed by atoms with Crippen LogP contribution in [0.4, 0.5) is 0 Å². The number of nitrogens with zero attached hydrogens (tertiary/aromatic N) is 1. The van der Waals surface area contributed by atoms with E-state index in [1.165, 1.54) is 11.1 Å². The first kappa shape index (κ1) is 16.7. The number of aryl methyl sites for hydroxylation is 1. The fourth-order valence-corrected chi connectivity index (χ4v) is 2.38. The number of rotatable bonds is 8. The second-order valence-electron chi connectivity index (χ2n) is 5.14. The molecule has 20 heavy (non-hydrogen) atoms. The quantitative estimate of drug-likeness (QED) is 0.790. The van der Waals surface area contributed by atoms with E-state index in [9.17, 15) is 4.79 Å². The van der Waals surface area contributed by atoms with E-state index in [1.807, 2.05) is 18.7 Å². The van der Waals surface area contributed by atoms with Crippen molar-refractivity contribution in [1.29, 1.82) is 0 Å². The third-order valence-electron chi connectivity index (χ3n) is 3.73. The third-order valence-corrected chi connectivity index (χ3v) is 3.73. The van der Waals surface area contributed by atoms with Gasteiger partial charge < -0.3 is 10.2 Å². The van der Waals surface area contributed by atoms with Gasteiger partial charge in [-0.2, -0.15) is 0 Å². The van der Waals surface area contributed by atoms with E-state index in [1.54, 1.807) is 0 Å². The minimum absolute atomic E-state index is 0.237. The van der Waals surface area contributed by atoms with Crippen molar-refractivity contribution < 1.29 is 4.79 Å². The summed E-state index contributed by atoms with van der Waals surface area (Å²) in [6.45, 7) is 10.6. The highest BCUT2D eigenvalue weighted by Crippen LogP contribution is 2.16. The van der Waals surface area contributed by atoms with Crippen molar-refractivity contribution in [2.45, 2.75) is 46.6 Å². The molecule has 0 bridgehead atoms. The van der Waals surface area contributed by atoms with E-state index < -0.39 is 0 Å². The molecule has 1 aromatic carbocycles. The van der Waals surface area contributed by atoms with E-state index in [4.69, 9.17) is 0 Å². The van der Waals surface area contributed by atoms with E-state index in [0.717, 1.165) is 26.1 Å². The summed E-state index contributed by atoms with van der Waals surface area (Å²) in [5, 5.41) is 3.49. The van der Waals surface area contributed by atoms with Crippen molar-refractivity contribution in [1.82, 2.24) is 10.2 Å². The summed E-state index contributed by atoms with van der Waals surface area (Å²) in [4.78, 5) is 13.8. The first-order valence-electron chi connectivity index (χ1n) is 7.70. The lowest BCUT2D eigenvalue weighted by Crippen LogP contribution is -2.33. The van der Waals surface area contributed by atoms with Crippen molar-refractivity contribution >= 4 is 5.91 Å².